The summed E-state index contributed by atoms with van der Waals surface area (Å²) in [6, 6.07) is 17.0. The lowest BCUT2D eigenvalue weighted by molar-refractivity contribution is -0.137. The summed E-state index contributed by atoms with van der Waals surface area (Å²) < 4.78 is 18.6. The Morgan fingerprint density at radius 3 is 2.51 bits per heavy atom. The maximum atomic E-state index is 13.1. The molecular formula is C31H35FN4O3. The van der Waals surface area contributed by atoms with Crippen LogP contribution >= 0.6 is 0 Å². The van der Waals surface area contributed by atoms with Crippen molar-refractivity contribution >= 4 is 23.2 Å². The SMILES string of the molecule is CN1CCCC(C(=O)N(C)C2CCN(c3ccc(NC(=O)c4ccc(C#Cc5ccc(F)cc5)o4)cc3)C2)C1.[HH]. The molecule has 2 atom stereocenters. The first-order valence-electron chi connectivity index (χ1n) is 13.3. The highest BCUT2D eigenvalue weighted by Crippen LogP contribution is 2.26. The number of nitrogens with one attached hydrogen (secondary N) is 1. The van der Waals surface area contributed by atoms with E-state index in [1.807, 2.05) is 36.2 Å². The Hall–Kier alpha value is -4.09. The number of carbonyl (C=O) groups excluding carboxylic acids is 2. The second-order valence-corrected chi connectivity index (χ2v) is 10.4. The molecule has 5 rings (SSSR count). The molecule has 3 aromatic rings. The molecule has 2 aliphatic rings. The summed E-state index contributed by atoms with van der Waals surface area (Å²) >= 11 is 0. The summed E-state index contributed by atoms with van der Waals surface area (Å²) in [7, 11) is 4.03. The van der Waals surface area contributed by atoms with Gasteiger partial charge in [0.1, 0.15) is 5.82 Å². The van der Waals surface area contributed by atoms with Gasteiger partial charge in [0, 0.05) is 45.0 Å². The van der Waals surface area contributed by atoms with Gasteiger partial charge in [0.05, 0.1) is 12.0 Å². The average molecular weight is 531 g/mol. The first-order chi connectivity index (χ1) is 18.9. The fourth-order valence-electron chi connectivity index (χ4n) is 5.27. The van der Waals surface area contributed by atoms with Crippen LogP contribution in [0.15, 0.2) is 65.1 Å². The molecule has 2 aliphatic heterocycles. The van der Waals surface area contributed by atoms with E-state index >= 15 is 0 Å². The maximum absolute atomic E-state index is 13.1. The Morgan fingerprint density at radius 1 is 1.00 bits per heavy atom. The van der Waals surface area contributed by atoms with Crippen molar-refractivity contribution in [2.24, 2.45) is 5.92 Å². The number of furan rings is 1. The van der Waals surface area contributed by atoms with E-state index in [1.165, 1.54) is 12.1 Å². The van der Waals surface area contributed by atoms with Crippen molar-refractivity contribution in [3.05, 3.63) is 83.6 Å². The Morgan fingerprint density at radius 2 is 1.77 bits per heavy atom. The van der Waals surface area contributed by atoms with Gasteiger partial charge in [-0.15, -0.1) is 0 Å². The Kier molecular flexibility index (Phi) is 7.99. The number of benzene rings is 2. The molecule has 39 heavy (non-hydrogen) atoms. The van der Waals surface area contributed by atoms with Crippen molar-refractivity contribution in [2.45, 2.75) is 25.3 Å². The molecule has 1 N–H and O–H groups in total. The zero-order valence-corrected chi connectivity index (χ0v) is 22.3. The fourth-order valence-corrected chi connectivity index (χ4v) is 5.27. The third-order valence-electron chi connectivity index (χ3n) is 7.53. The summed E-state index contributed by atoms with van der Waals surface area (Å²) in [5.74, 6) is 5.90. The molecule has 3 heterocycles. The zero-order chi connectivity index (χ0) is 27.4. The molecule has 204 valence electrons. The molecule has 7 nitrogen and oxygen atoms in total. The first-order valence-corrected chi connectivity index (χ1v) is 13.3. The van der Waals surface area contributed by atoms with Crippen molar-refractivity contribution in [2.75, 3.05) is 50.5 Å². The van der Waals surface area contributed by atoms with E-state index in [9.17, 15) is 14.0 Å². The minimum absolute atomic E-state index is 0. The van der Waals surface area contributed by atoms with Crippen LogP contribution in [0, 0.1) is 23.6 Å². The van der Waals surface area contributed by atoms with Gasteiger partial charge in [-0.1, -0.05) is 5.92 Å². The molecule has 2 amide bonds. The fraction of sp³-hybridized carbons (Fsp3) is 0.355. The van der Waals surface area contributed by atoms with E-state index in [0.717, 1.165) is 51.1 Å². The summed E-state index contributed by atoms with van der Waals surface area (Å²) in [5, 5.41) is 2.85. The predicted molar refractivity (Wildman–Crippen MR) is 151 cm³/mol. The molecule has 2 unspecified atom stereocenters. The normalized spacial score (nSPS) is 19.3. The van der Waals surface area contributed by atoms with E-state index in [-0.39, 0.29) is 36.8 Å². The van der Waals surface area contributed by atoms with Crippen molar-refractivity contribution in [1.82, 2.24) is 9.80 Å². The van der Waals surface area contributed by atoms with Crippen LogP contribution in [0.2, 0.25) is 0 Å². The molecule has 0 aliphatic carbocycles. The standard InChI is InChI=1S/C31H33FN4O3.H2/c1-34-18-3-4-23(20-34)31(38)35(2)27-17-19-36(21-27)26-12-10-25(11-13-26)33-30(37)29-16-15-28(39-29)14-7-22-5-8-24(32)9-6-22;/h5-6,8-13,15-16,23,27H,3-4,17-21H2,1-2H3,(H,33,37);1H. The number of carbonyl (C=O) groups is 2. The van der Waals surface area contributed by atoms with Crippen LogP contribution in [0.3, 0.4) is 0 Å². The minimum Gasteiger partial charge on any atom is -0.443 e. The average Bonchev–Trinajstić information content (AvgIpc) is 3.63. The largest absolute Gasteiger partial charge is 0.443 e. The number of nitrogens with zero attached hydrogens (tertiary/aromatic N) is 3. The topological polar surface area (TPSA) is 69.0 Å². The number of likely N-dealkylation sites (N-methyl/N-ethyl adjacent to an activating group) is 1. The third kappa shape index (κ3) is 6.50. The van der Waals surface area contributed by atoms with Gasteiger partial charge in [0.2, 0.25) is 5.91 Å². The monoisotopic (exact) mass is 530 g/mol. The number of hydrogen-bond donors (Lipinski definition) is 1. The van der Waals surface area contributed by atoms with Gasteiger partial charge < -0.3 is 24.4 Å². The number of likely N-dealkylation sites (tertiary alicyclic amines) is 1. The van der Waals surface area contributed by atoms with Crippen molar-refractivity contribution in [3.63, 3.8) is 0 Å². The zero-order valence-electron chi connectivity index (χ0n) is 22.3. The highest BCUT2D eigenvalue weighted by atomic mass is 19.1. The molecular weight excluding hydrogens is 495 g/mol. The minimum atomic E-state index is -0.368. The van der Waals surface area contributed by atoms with Crippen molar-refractivity contribution in [1.29, 1.82) is 0 Å². The number of halogens is 1. The number of rotatable bonds is 5. The van der Waals surface area contributed by atoms with Crippen LogP contribution in [0.1, 0.15) is 42.6 Å². The molecule has 2 saturated heterocycles. The van der Waals surface area contributed by atoms with E-state index in [4.69, 9.17) is 4.42 Å². The number of amides is 2. The van der Waals surface area contributed by atoms with Crippen LogP contribution in [-0.4, -0.2) is 67.9 Å². The Labute approximate surface area is 230 Å². The van der Waals surface area contributed by atoms with E-state index < -0.39 is 0 Å². The first kappa shape index (κ1) is 26.5. The van der Waals surface area contributed by atoms with Gasteiger partial charge in [0.25, 0.3) is 5.91 Å². The summed E-state index contributed by atoms with van der Waals surface area (Å²) in [4.78, 5) is 32.2. The lowest BCUT2D eigenvalue weighted by Gasteiger charge is -2.34. The number of piperidine rings is 1. The Balaban J connectivity index is 0.00000370. The predicted octanol–water partition coefficient (Wildman–Crippen LogP) is 4.70. The number of anilines is 2. The van der Waals surface area contributed by atoms with Crippen molar-refractivity contribution < 1.29 is 19.8 Å². The molecule has 0 radical (unpaired) electrons. The second-order valence-electron chi connectivity index (χ2n) is 10.4. The van der Waals surface area contributed by atoms with Gasteiger partial charge >= 0.3 is 0 Å². The lowest BCUT2D eigenvalue weighted by Crippen LogP contribution is -2.46. The van der Waals surface area contributed by atoms with Gasteiger partial charge in [-0.2, -0.15) is 0 Å². The Bertz CT molecular complexity index is 1380. The molecule has 0 bridgehead atoms. The summed E-state index contributed by atoms with van der Waals surface area (Å²) in [5.41, 5.74) is 2.37. The molecule has 2 fully saturated rings. The third-order valence-corrected chi connectivity index (χ3v) is 7.53. The summed E-state index contributed by atoms with van der Waals surface area (Å²) in [6.45, 7) is 3.59. The quantitative estimate of drug-likeness (QED) is 0.485. The second kappa shape index (κ2) is 11.7. The smallest absolute Gasteiger partial charge is 0.291 e. The molecule has 1 aromatic heterocycles. The highest BCUT2D eigenvalue weighted by Gasteiger charge is 2.33. The van der Waals surface area contributed by atoms with E-state index in [2.05, 4.69) is 34.0 Å². The molecule has 0 saturated carbocycles. The van der Waals surface area contributed by atoms with Gasteiger partial charge in [-0.25, -0.2) is 4.39 Å². The molecule has 0 spiro atoms. The van der Waals surface area contributed by atoms with Crippen LogP contribution in [0.4, 0.5) is 15.8 Å². The maximum Gasteiger partial charge on any atom is 0.291 e. The van der Waals surface area contributed by atoms with Crippen LogP contribution in [-0.2, 0) is 4.79 Å². The van der Waals surface area contributed by atoms with Crippen molar-refractivity contribution in [3.8, 4) is 11.8 Å². The number of hydrogen-bond acceptors (Lipinski definition) is 5. The molecule has 8 heteroatoms. The van der Waals surface area contributed by atoms with E-state index in [0.29, 0.717) is 17.0 Å². The summed E-state index contributed by atoms with van der Waals surface area (Å²) in [6.07, 6.45) is 2.99. The van der Waals surface area contributed by atoms with Crippen LogP contribution < -0.4 is 10.2 Å². The van der Waals surface area contributed by atoms with Gasteiger partial charge in [0.15, 0.2) is 11.5 Å². The highest BCUT2D eigenvalue weighted by molar-refractivity contribution is 6.02. The van der Waals surface area contributed by atoms with Gasteiger partial charge in [-0.3, -0.25) is 9.59 Å². The van der Waals surface area contributed by atoms with E-state index in [1.54, 1.807) is 24.3 Å². The molecule has 2 aromatic carbocycles. The van der Waals surface area contributed by atoms with Crippen LogP contribution in [0.5, 0.6) is 0 Å². The van der Waals surface area contributed by atoms with Gasteiger partial charge in [-0.05, 0) is 99.4 Å². The lowest BCUT2D eigenvalue weighted by atomic mass is 9.96. The van der Waals surface area contributed by atoms with Crippen LogP contribution in [0.25, 0.3) is 0 Å².